The van der Waals surface area contributed by atoms with Crippen molar-refractivity contribution >= 4 is 27.8 Å². The first-order valence-corrected chi connectivity index (χ1v) is 7.25. The number of para-hydroxylation sites is 1. The Bertz CT molecular complexity index is 594. The van der Waals surface area contributed by atoms with Gasteiger partial charge in [0.25, 0.3) is 0 Å². The summed E-state index contributed by atoms with van der Waals surface area (Å²) < 4.78 is 0. The molecular formula is C15H19N3S. The van der Waals surface area contributed by atoms with Crippen LogP contribution < -0.4 is 5.73 Å². The molecule has 1 heterocycles. The van der Waals surface area contributed by atoms with Crippen molar-refractivity contribution in [3.8, 4) is 0 Å². The molecule has 0 saturated heterocycles. The number of thioether (sulfide) groups is 1. The molecule has 0 spiro atoms. The second-order valence-electron chi connectivity index (χ2n) is 5.40. The summed E-state index contributed by atoms with van der Waals surface area (Å²) in [5.74, 6) is 0.791. The third-order valence-electron chi connectivity index (χ3n) is 2.54. The minimum Gasteiger partial charge on any atom is -0.379 e. The second kappa shape index (κ2) is 5.61. The predicted molar refractivity (Wildman–Crippen MR) is 84.4 cm³/mol. The van der Waals surface area contributed by atoms with Gasteiger partial charge in [-0.25, -0.2) is 0 Å². The van der Waals surface area contributed by atoms with Crippen LogP contribution in [0.2, 0.25) is 0 Å². The molecule has 2 aromatic rings. The smallest absolute Gasteiger partial charge is 0.154 e. The van der Waals surface area contributed by atoms with Gasteiger partial charge in [0.2, 0.25) is 0 Å². The van der Waals surface area contributed by atoms with Crippen LogP contribution in [0.5, 0.6) is 0 Å². The van der Waals surface area contributed by atoms with Crippen molar-refractivity contribution in [3.05, 3.63) is 42.1 Å². The zero-order chi connectivity index (χ0) is 13.9. The van der Waals surface area contributed by atoms with E-state index in [0.717, 1.165) is 16.7 Å². The zero-order valence-corrected chi connectivity index (χ0v) is 12.4. The Balaban J connectivity index is 2.17. The average Bonchev–Trinajstić information content (AvgIpc) is 2.34. The molecule has 0 unspecified atom stereocenters. The van der Waals surface area contributed by atoms with Crippen LogP contribution in [0.1, 0.15) is 26.3 Å². The number of rotatable bonds is 2. The first kappa shape index (κ1) is 13.9. The molecule has 0 fully saturated rings. The van der Waals surface area contributed by atoms with Crippen molar-refractivity contribution in [3.63, 3.8) is 0 Å². The van der Waals surface area contributed by atoms with E-state index in [4.69, 9.17) is 5.73 Å². The number of hydrogen-bond acceptors (Lipinski definition) is 3. The maximum atomic E-state index is 5.94. The largest absolute Gasteiger partial charge is 0.379 e. The van der Waals surface area contributed by atoms with E-state index in [0.29, 0.717) is 5.17 Å². The highest BCUT2D eigenvalue weighted by molar-refractivity contribution is 8.13. The molecule has 19 heavy (non-hydrogen) atoms. The molecule has 1 aromatic carbocycles. The van der Waals surface area contributed by atoms with Gasteiger partial charge in [-0.15, -0.1) is 0 Å². The molecule has 0 amide bonds. The third kappa shape index (κ3) is 3.96. The summed E-state index contributed by atoms with van der Waals surface area (Å²) >= 11 is 1.56. The minimum absolute atomic E-state index is 0.131. The lowest BCUT2D eigenvalue weighted by Gasteiger charge is -2.13. The Hall–Kier alpha value is -1.55. The number of aliphatic imine (C=N–C) groups is 1. The van der Waals surface area contributed by atoms with Crippen LogP contribution in [0.3, 0.4) is 0 Å². The summed E-state index contributed by atoms with van der Waals surface area (Å²) in [6.07, 6.45) is 1.82. The monoisotopic (exact) mass is 273 g/mol. The van der Waals surface area contributed by atoms with Gasteiger partial charge in [-0.1, -0.05) is 36.0 Å². The van der Waals surface area contributed by atoms with Crippen LogP contribution in [0.25, 0.3) is 10.9 Å². The summed E-state index contributed by atoms with van der Waals surface area (Å²) in [6, 6.07) is 10.2. The molecular weight excluding hydrogens is 254 g/mol. The van der Waals surface area contributed by atoms with Crippen LogP contribution in [0.4, 0.5) is 0 Å². The number of fused-ring (bicyclic) bond motifs is 1. The Kier molecular flexibility index (Phi) is 4.10. The molecule has 0 aliphatic heterocycles. The fourth-order valence-corrected chi connectivity index (χ4v) is 2.67. The van der Waals surface area contributed by atoms with Gasteiger partial charge in [-0.05, 0) is 32.4 Å². The second-order valence-corrected chi connectivity index (χ2v) is 6.40. The SMILES string of the molecule is CC(C)(C)N=C(N)SCc1cccc2cccnc12. The lowest BCUT2D eigenvalue weighted by molar-refractivity contribution is 0.585. The molecule has 100 valence electrons. The number of hydrogen-bond donors (Lipinski definition) is 1. The summed E-state index contributed by atoms with van der Waals surface area (Å²) in [5.41, 5.74) is 8.05. The highest BCUT2D eigenvalue weighted by Gasteiger charge is 2.09. The number of nitrogens with zero attached hydrogens (tertiary/aromatic N) is 2. The highest BCUT2D eigenvalue weighted by atomic mass is 32.2. The van der Waals surface area contributed by atoms with E-state index in [1.54, 1.807) is 11.8 Å². The first-order valence-electron chi connectivity index (χ1n) is 6.26. The van der Waals surface area contributed by atoms with Gasteiger partial charge in [0, 0.05) is 17.3 Å². The van der Waals surface area contributed by atoms with Crippen molar-refractivity contribution < 1.29 is 0 Å². The summed E-state index contributed by atoms with van der Waals surface area (Å²) in [6.45, 7) is 6.12. The molecule has 2 rings (SSSR count). The Morgan fingerprint density at radius 1 is 1.26 bits per heavy atom. The number of benzene rings is 1. The lowest BCUT2D eigenvalue weighted by atomic mass is 10.1. The van der Waals surface area contributed by atoms with Gasteiger partial charge in [-0.2, -0.15) is 0 Å². The number of aromatic nitrogens is 1. The van der Waals surface area contributed by atoms with Crippen LogP contribution in [0.15, 0.2) is 41.5 Å². The van der Waals surface area contributed by atoms with Gasteiger partial charge in [-0.3, -0.25) is 9.98 Å². The molecule has 0 atom stereocenters. The molecule has 4 heteroatoms. The van der Waals surface area contributed by atoms with Crippen molar-refractivity contribution in [2.45, 2.75) is 32.1 Å². The van der Waals surface area contributed by atoms with Gasteiger partial charge >= 0.3 is 0 Å². The molecule has 0 saturated carbocycles. The first-order chi connectivity index (χ1) is 8.96. The summed E-state index contributed by atoms with van der Waals surface area (Å²) in [7, 11) is 0. The average molecular weight is 273 g/mol. The third-order valence-corrected chi connectivity index (χ3v) is 3.38. The maximum absolute atomic E-state index is 5.94. The zero-order valence-electron chi connectivity index (χ0n) is 11.6. The highest BCUT2D eigenvalue weighted by Crippen LogP contribution is 2.21. The van der Waals surface area contributed by atoms with Crippen LogP contribution in [-0.4, -0.2) is 15.7 Å². The Labute approximate surface area is 118 Å². The van der Waals surface area contributed by atoms with Crippen molar-refractivity contribution in [2.24, 2.45) is 10.7 Å². The lowest BCUT2D eigenvalue weighted by Crippen LogP contribution is -2.17. The summed E-state index contributed by atoms with van der Waals surface area (Å²) in [5, 5.41) is 1.78. The van der Waals surface area contributed by atoms with Gasteiger partial charge in [0.15, 0.2) is 5.17 Å². The number of amidine groups is 1. The molecule has 3 nitrogen and oxygen atoms in total. The Morgan fingerprint density at radius 3 is 2.74 bits per heavy atom. The molecule has 0 radical (unpaired) electrons. The van der Waals surface area contributed by atoms with Crippen LogP contribution >= 0.6 is 11.8 Å². The molecule has 0 aliphatic rings. The normalized spacial score (nSPS) is 12.9. The van der Waals surface area contributed by atoms with E-state index in [2.05, 4.69) is 34.2 Å². The molecule has 1 aromatic heterocycles. The summed E-state index contributed by atoms with van der Waals surface area (Å²) in [4.78, 5) is 8.88. The fraction of sp³-hybridized carbons (Fsp3) is 0.333. The Morgan fingerprint density at radius 2 is 2.00 bits per heavy atom. The van der Waals surface area contributed by atoms with Crippen molar-refractivity contribution in [2.75, 3.05) is 0 Å². The minimum atomic E-state index is -0.131. The van der Waals surface area contributed by atoms with E-state index < -0.39 is 0 Å². The van der Waals surface area contributed by atoms with E-state index in [-0.39, 0.29) is 5.54 Å². The predicted octanol–water partition coefficient (Wildman–Crippen LogP) is 3.58. The van der Waals surface area contributed by atoms with Crippen LogP contribution in [-0.2, 0) is 5.75 Å². The van der Waals surface area contributed by atoms with E-state index in [9.17, 15) is 0 Å². The van der Waals surface area contributed by atoms with Crippen LogP contribution in [0, 0.1) is 0 Å². The van der Waals surface area contributed by atoms with Gasteiger partial charge in [0.05, 0.1) is 11.1 Å². The number of nitrogens with two attached hydrogens (primary N) is 1. The molecule has 2 N–H and O–H groups in total. The van der Waals surface area contributed by atoms with E-state index in [1.165, 1.54) is 5.56 Å². The van der Waals surface area contributed by atoms with Gasteiger partial charge in [0.1, 0.15) is 0 Å². The fourth-order valence-electron chi connectivity index (χ4n) is 1.80. The van der Waals surface area contributed by atoms with E-state index >= 15 is 0 Å². The maximum Gasteiger partial charge on any atom is 0.154 e. The van der Waals surface area contributed by atoms with Crippen molar-refractivity contribution in [1.82, 2.24) is 4.98 Å². The topological polar surface area (TPSA) is 51.3 Å². The molecule has 0 aliphatic carbocycles. The number of pyridine rings is 1. The molecule has 0 bridgehead atoms. The van der Waals surface area contributed by atoms with Crippen molar-refractivity contribution in [1.29, 1.82) is 0 Å². The standard InChI is InChI=1S/C15H19N3S/c1-15(2,3)18-14(16)19-10-12-7-4-6-11-8-5-9-17-13(11)12/h4-9H,10H2,1-3H3,(H2,16,18). The quantitative estimate of drug-likeness (QED) is 0.672. The van der Waals surface area contributed by atoms with Gasteiger partial charge < -0.3 is 5.73 Å². The van der Waals surface area contributed by atoms with E-state index in [1.807, 2.05) is 33.0 Å².